The number of hydrogen-bond donors (Lipinski definition) is 2. The molecule has 102 valence electrons. The molecule has 20 heavy (non-hydrogen) atoms. The molecule has 0 amide bonds. The van der Waals surface area contributed by atoms with E-state index in [9.17, 15) is 5.11 Å². The molecule has 0 aliphatic heterocycles. The van der Waals surface area contributed by atoms with E-state index in [2.05, 4.69) is 21.8 Å². The second-order valence-electron chi connectivity index (χ2n) is 4.68. The molecule has 3 aromatic rings. The first-order chi connectivity index (χ1) is 9.70. The third-order valence-electron chi connectivity index (χ3n) is 3.45. The topological polar surface area (TPSA) is 56.2 Å². The zero-order valence-electron chi connectivity index (χ0n) is 11.5. The number of phenolic OH excluding ortho intramolecular Hbond substituents is 1. The normalized spacial score (nSPS) is 10.9. The maximum Gasteiger partial charge on any atom is 0.356 e. The summed E-state index contributed by atoms with van der Waals surface area (Å²) in [6.07, 6.45) is 3.79. The molecule has 0 bridgehead atoms. The quantitative estimate of drug-likeness (QED) is 0.715. The van der Waals surface area contributed by atoms with Crippen molar-refractivity contribution >= 4 is 11.6 Å². The number of H-pyrrole nitrogens is 1. The van der Waals surface area contributed by atoms with Crippen LogP contribution < -0.4 is 9.30 Å². The molecule has 0 spiro atoms. The first-order valence-electron chi connectivity index (χ1n) is 6.60. The number of rotatable bonds is 3. The number of phenols is 1. The number of aromatic amines is 1. The van der Waals surface area contributed by atoms with Crippen LogP contribution in [0.2, 0.25) is 0 Å². The number of anilines is 1. The van der Waals surface area contributed by atoms with Crippen LogP contribution in [0.1, 0.15) is 6.92 Å². The lowest BCUT2D eigenvalue weighted by atomic mass is 10.1. The van der Waals surface area contributed by atoms with Crippen molar-refractivity contribution in [3.05, 3.63) is 42.7 Å². The van der Waals surface area contributed by atoms with Crippen LogP contribution in [0.5, 0.6) is 5.75 Å². The Morgan fingerprint density at radius 2 is 2.15 bits per heavy atom. The summed E-state index contributed by atoms with van der Waals surface area (Å²) < 4.78 is 1.99. The molecular weight excluding hydrogens is 252 g/mol. The third-order valence-corrected chi connectivity index (χ3v) is 3.45. The smallest absolute Gasteiger partial charge is 0.356 e. The molecule has 0 saturated heterocycles. The highest BCUT2D eigenvalue weighted by molar-refractivity contribution is 5.69. The second kappa shape index (κ2) is 4.85. The first-order valence-corrected chi connectivity index (χ1v) is 6.60. The lowest BCUT2D eigenvalue weighted by Crippen LogP contribution is -2.32. The van der Waals surface area contributed by atoms with E-state index in [0.29, 0.717) is 0 Å². The standard InChI is InChI=1S/C15H16N4O/c1-3-18(2)14-10-12(11-6-4-5-7-13(11)20)17-15-16-8-9-19(14)15/h4-10H,3H2,1-2H3,(H,16,17,20)/p+1. The molecule has 3 rings (SSSR count). The lowest BCUT2D eigenvalue weighted by Gasteiger charge is -2.13. The fraction of sp³-hybridized carbons (Fsp3) is 0.200. The summed E-state index contributed by atoms with van der Waals surface area (Å²) in [5.74, 6) is 2.01. The van der Waals surface area contributed by atoms with Crippen LogP contribution in [0.25, 0.3) is 17.0 Å². The van der Waals surface area contributed by atoms with Gasteiger partial charge in [0.05, 0.1) is 18.0 Å². The van der Waals surface area contributed by atoms with Gasteiger partial charge in [0.1, 0.15) is 11.4 Å². The Balaban J connectivity index is 2.25. The number of benzene rings is 1. The minimum atomic E-state index is 0.237. The summed E-state index contributed by atoms with van der Waals surface area (Å²) in [7, 11) is 2.03. The van der Waals surface area contributed by atoms with E-state index in [0.717, 1.165) is 29.4 Å². The Hall–Kier alpha value is -2.56. The summed E-state index contributed by atoms with van der Waals surface area (Å²) in [5, 5.41) is 10.0. The van der Waals surface area contributed by atoms with Crippen LogP contribution in [0.3, 0.4) is 0 Å². The van der Waals surface area contributed by atoms with Crippen molar-refractivity contribution in [2.24, 2.45) is 0 Å². The molecule has 5 heteroatoms. The van der Waals surface area contributed by atoms with Crippen molar-refractivity contribution in [3.63, 3.8) is 0 Å². The van der Waals surface area contributed by atoms with Gasteiger partial charge in [0.25, 0.3) is 0 Å². The lowest BCUT2D eigenvalue weighted by molar-refractivity contribution is -0.498. The molecule has 0 saturated carbocycles. The molecule has 0 unspecified atom stereocenters. The molecule has 5 nitrogen and oxygen atoms in total. The van der Waals surface area contributed by atoms with Crippen LogP contribution in [0.15, 0.2) is 42.7 Å². The Kier molecular flexibility index (Phi) is 3.02. The van der Waals surface area contributed by atoms with Gasteiger partial charge >= 0.3 is 5.78 Å². The van der Waals surface area contributed by atoms with Gasteiger partial charge in [-0.15, -0.1) is 4.98 Å². The van der Waals surface area contributed by atoms with Crippen LogP contribution >= 0.6 is 0 Å². The Morgan fingerprint density at radius 3 is 2.90 bits per heavy atom. The van der Waals surface area contributed by atoms with Crippen LogP contribution in [0, 0.1) is 0 Å². The van der Waals surface area contributed by atoms with Crippen molar-refractivity contribution in [2.75, 3.05) is 18.5 Å². The highest BCUT2D eigenvalue weighted by Gasteiger charge is 2.17. The van der Waals surface area contributed by atoms with Gasteiger partial charge in [0.15, 0.2) is 0 Å². The van der Waals surface area contributed by atoms with E-state index in [-0.39, 0.29) is 5.75 Å². The zero-order valence-corrected chi connectivity index (χ0v) is 11.5. The van der Waals surface area contributed by atoms with Gasteiger partial charge in [-0.05, 0) is 19.1 Å². The van der Waals surface area contributed by atoms with Crippen molar-refractivity contribution in [3.8, 4) is 17.0 Å². The summed E-state index contributed by atoms with van der Waals surface area (Å²) in [6, 6.07) is 9.23. The summed E-state index contributed by atoms with van der Waals surface area (Å²) in [6.45, 7) is 2.98. The average Bonchev–Trinajstić information content (AvgIpc) is 2.94. The Bertz CT molecular complexity index is 750. The van der Waals surface area contributed by atoms with E-state index in [1.54, 1.807) is 12.1 Å². The molecule has 0 aliphatic rings. The Labute approximate surface area is 117 Å². The summed E-state index contributed by atoms with van der Waals surface area (Å²) in [4.78, 5) is 9.81. The van der Waals surface area contributed by atoms with Crippen molar-refractivity contribution < 1.29 is 9.51 Å². The van der Waals surface area contributed by atoms with Gasteiger partial charge in [0.2, 0.25) is 5.82 Å². The highest BCUT2D eigenvalue weighted by atomic mass is 16.3. The highest BCUT2D eigenvalue weighted by Crippen LogP contribution is 2.28. The maximum absolute atomic E-state index is 10.0. The fourth-order valence-corrected chi connectivity index (χ4v) is 2.22. The number of nitrogens with one attached hydrogen (secondary N) is 1. The SMILES string of the molecule is CCN(C)c1cc(-c2ccccc2O)nc2[nH]cc[n+]12. The minimum Gasteiger partial charge on any atom is -0.507 e. The van der Waals surface area contributed by atoms with E-state index in [1.807, 2.05) is 42.0 Å². The van der Waals surface area contributed by atoms with E-state index in [1.165, 1.54) is 0 Å². The monoisotopic (exact) mass is 269 g/mol. The van der Waals surface area contributed by atoms with E-state index >= 15 is 0 Å². The largest absolute Gasteiger partial charge is 0.507 e. The molecule has 0 fully saturated rings. The number of nitrogens with zero attached hydrogens (tertiary/aromatic N) is 3. The van der Waals surface area contributed by atoms with Crippen LogP contribution in [0.4, 0.5) is 5.82 Å². The number of aromatic nitrogens is 3. The van der Waals surface area contributed by atoms with E-state index < -0.39 is 0 Å². The summed E-state index contributed by atoms with van der Waals surface area (Å²) >= 11 is 0. The minimum absolute atomic E-state index is 0.237. The number of para-hydroxylation sites is 1. The summed E-state index contributed by atoms with van der Waals surface area (Å²) in [5.41, 5.74) is 1.48. The van der Waals surface area contributed by atoms with Gasteiger partial charge in [0, 0.05) is 19.7 Å². The van der Waals surface area contributed by atoms with Gasteiger partial charge in [-0.3, -0.25) is 4.98 Å². The number of fused-ring (bicyclic) bond motifs is 1. The zero-order chi connectivity index (χ0) is 14.1. The van der Waals surface area contributed by atoms with E-state index in [4.69, 9.17) is 0 Å². The fourth-order valence-electron chi connectivity index (χ4n) is 2.22. The molecule has 2 N–H and O–H groups in total. The third kappa shape index (κ3) is 1.97. The van der Waals surface area contributed by atoms with Crippen LogP contribution in [-0.4, -0.2) is 28.7 Å². The molecule has 1 aromatic carbocycles. The number of aromatic hydroxyl groups is 1. The van der Waals surface area contributed by atoms with Crippen molar-refractivity contribution in [1.29, 1.82) is 0 Å². The molecule has 2 heterocycles. The second-order valence-corrected chi connectivity index (χ2v) is 4.68. The van der Waals surface area contributed by atoms with Gasteiger partial charge in [-0.2, -0.15) is 4.40 Å². The van der Waals surface area contributed by atoms with Crippen molar-refractivity contribution in [1.82, 2.24) is 9.97 Å². The molecule has 2 aromatic heterocycles. The van der Waals surface area contributed by atoms with Crippen LogP contribution in [-0.2, 0) is 0 Å². The molecular formula is C15H17N4O+. The predicted octanol–water partition coefficient (Wildman–Crippen LogP) is 1.98. The molecule has 0 radical (unpaired) electrons. The first kappa shape index (κ1) is 12.5. The van der Waals surface area contributed by atoms with Gasteiger partial charge in [-0.25, -0.2) is 0 Å². The maximum atomic E-state index is 10.0. The Morgan fingerprint density at radius 1 is 1.35 bits per heavy atom. The number of imidazole rings is 1. The number of hydrogen-bond acceptors (Lipinski definition) is 3. The predicted molar refractivity (Wildman–Crippen MR) is 77.8 cm³/mol. The van der Waals surface area contributed by atoms with Gasteiger partial charge < -0.3 is 10.0 Å². The molecule has 0 atom stereocenters. The average molecular weight is 269 g/mol. The molecule has 0 aliphatic carbocycles. The van der Waals surface area contributed by atoms with Crippen molar-refractivity contribution in [2.45, 2.75) is 6.92 Å². The van der Waals surface area contributed by atoms with Gasteiger partial charge in [-0.1, -0.05) is 12.1 Å².